The Morgan fingerprint density at radius 1 is 1.08 bits per heavy atom. The van der Waals surface area contributed by atoms with Gasteiger partial charge in [-0.2, -0.15) is 0 Å². The Balaban J connectivity index is 1.94. The lowest BCUT2D eigenvalue weighted by molar-refractivity contribution is 0.00578. The van der Waals surface area contributed by atoms with Crippen LogP contribution < -0.4 is 19.7 Å². The molecule has 1 saturated heterocycles. The molecule has 2 aliphatic heterocycles. The normalized spacial score (nSPS) is 20.0. The van der Waals surface area contributed by atoms with Crippen LogP contribution in [-0.2, 0) is 14.0 Å². The van der Waals surface area contributed by atoms with Crippen LogP contribution in [-0.4, -0.2) is 37.4 Å². The molecule has 1 aromatic carbocycles. The molecule has 0 spiro atoms. The van der Waals surface area contributed by atoms with Crippen LogP contribution in [0.2, 0.25) is 0 Å². The van der Waals surface area contributed by atoms with Crippen LogP contribution in [0, 0.1) is 0 Å². The summed E-state index contributed by atoms with van der Waals surface area (Å²) in [6, 6.07) is 3.30. The molecule has 1 aromatic rings. The van der Waals surface area contributed by atoms with Crippen LogP contribution in [0.5, 0.6) is 17.2 Å². The average Bonchev–Trinajstić information content (AvgIpc) is 2.98. The number of rotatable bonds is 3. The second-order valence-electron chi connectivity index (χ2n) is 7.35. The van der Waals surface area contributed by atoms with Crippen molar-refractivity contribution in [2.75, 3.05) is 6.79 Å². The summed E-state index contributed by atoms with van der Waals surface area (Å²) in [5, 5.41) is 0. The van der Waals surface area contributed by atoms with E-state index in [9.17, 15) is 4.79 Å². The Hall–Kier alpha value is -1.93. The van der Waals surface area contributed by atoms with Gasteiger partial charge in [0.2, 0.25) is 6.79 Å². The maximum Gasteiger partial charge on any atom is 0.514 e. The summed E-state index contributed by atoms with van der Waals surface area (Å²) in [5.41, 5.74) is -0.503. The van der Waals surface area contributed by atoms with Crippen LogP contribution in [0.4, 0.5) is 4.79 Å². The van der Waals surface area contributed by atoms with Crippen molar-refractivity contribution in [3.8, 4) is 17.2 Å². The SMILES string of the molecule is CC(C)OC(=O)Oc1cc2c(cc1B1OC(C)(C)C(C)(C)O1)OCO2. The Labute approximate surface area is 147 Å². The molecule has 0 radical (unpaired) electrons. The molecule has 1 fully saturated rings. The average molecular weight is 350 g/mol. The number of ether oxygens (including phenoxy) is 4. The fourth-order valence-electron chi connectivity index (χ4n) is 2.49. The third-order valence-corrected chi connectivity index (χ3v) is 4.54. The third-order valence-electron chi connectivity index (χ3n) is 4.54. The highest BCUT2D eigenvalue weighted by atomic mass is 16.7. The first-order valence-corrected chi connectivity index (χ1v) is 8.27. The van der Waals surface area contributed by atoms with Gasteiger partial charge in [-0.25, -0.2) is 4.79 Å². The fourth-order valence-corrected chi connectivity index (χ4v) is 2.49. The van der Waals surface area contributed by atoms with Crippen LogP contribution in [0.1, 0.15) is 41.5 Å². The van der Waals surface area contributed by atoms with Crippen LogP contribution >= 0.6 is 0 Å². The summed E-state index contributed by atoms with van der Waals surface area (Å²) in [6.07, 6.45) is -1.09. The van der Waals surface area contributed by atoms with Gasteiger partial charge in [-0.3, -0.25) is 0 Å². The molecule has 2 heterocycles. The Bertz CT molecular complexity index is 668. The van der Waals surface area contributed by atoms with Gasteiger partial charge in [0.25, 0.3) is 0 Å². The number of carbonyl (C=O) groups is 1. The molecule has 0 unspecified atom stereocenters. The van der Waals surface area contributed by atoms with Crippen molar-refractivity contribution in [1.82, 2.24) is 0 Å². The fraction of sp³-hybridized carbons (Fsp3) is 0.588. The van der Waals surface area contributed by atoms with Gasteiger partial charge in [0.15, 0.2) is 11.5 Å². The van der Waals surface area contributed by atoms with Crippen molar-refractivity contribution >= 4 is 18.7 Å². The molecule has 25 heavy (non-hydrogen) atoms. The van der Waals surface area contributed by atoms with Crippen molar-refractivity contribution in [3.05, 3.63) is 12.1 Å². The number of fused-ring (bicyclic) bond motifs is 1. The minimum atomic E-state index is -0.799. The molecule has 7 nitrogen and oxygen atoms in total. The van der Waals surface area contributed by atoms with Crippen LogP contribution in [0.25, 0.3) is 0 Å². The lowest BCUT2D eigenvalue weighted by Gasteiger charge is -2.32. The van der Waals surface area contributed by atoms with E-state index < -0.39 is 24.5 Å². The Morgan fingerprint density at radius 3 is 2.20 bits per heavy atom. The minimum absolute atomic E-state index is 0.109. The van der Waals surface area contributed by atoms with E-state index in [2.05, 4.69) is 0 Å². The maximum atomic E-state index is 11.9. The van der Waals surface area contributed by atoms with Gasteiger partial charge in [-0.1, -0.05) is 0 Å². The van der Waals surface area contributed by atoms with E-state index in [4.69, 9.17) is 28.3 Å². The van der Waals surface area contributed by atoms with E-state index in [0.29, 0.717) is 17.0 Å². The Morgan fingerprint density at radius 2 is 1.64 bits per heavy atom. The van der Waals surface area contributed by atoms with Crippen LogP contribution in [0.15, 0.2) is 12.1 Å². The topological polar surface area (TPSA) is 72.5 Å². The number of carbonyl (C=O) groups excluding carboxylic acids is 1. The van der Waals surface area contributed by atoms with E-state index >= 15 is 0 Å². The van der Waals surface area contributed by atoms with Crippen molar-refractivity contribution in [3.63, 3.8) is 0 Å². The van der Waals surface area contributed by atoms with Crippen molar-refractivity contribution in [1.29, 1.82) is 0 Å². The van der Waals surface area contributed by atoms with Gasteiger partial charge in [-0.05, 0) is 47.6 Å². The predicted octanol–water partition coefficient (Wildman–Crippen LogP) is 2.64. The first kappa shape index (κ1) is 17.9. The smallest absolute Gasteiger partial charge is 0.454 e. The zero-order chi connectivity index (χ0) is 18.4. The van der Waals surface area contributed by atoms with Gasteiger partial charge in [0.05, 0.1) is 17.3 Å². The summed E-state index contributed by atoms with van der Waals surface area (Å²) < 4.78 is 33.3. The number of benzene rings is 1. The monoisotopic (exact) mass is 350 g/mol. The molecular formula is C17H23BO7. The minimum Gasteiger partial charge on any atom is -0.454 e. The molecule has 0 aromatic heterocycles. The standard InChI is InChI=1S/C17H23BO7/c1-10(2)22-15(19)23-12-8-14-13(20-9-21-14)7-11(12)18-24-16(3,4)17(5,6)25-18/h7-8,10H,9H2,1-6H3. The largest absolute Gasteiger partial charge is 0.514 e. The molecule has 2 aliphatic rings. The van der Waals surface area contributed by atoms with E-state index in [1.165, 1.54) is 0 Å². The molecule has 0 N–H and O–H groups in total. The zero-order valence-electron chi connectivity index (χ0n) is 15.4. The summed E-state index contributed by atoms with van der Waals surface area (Å²) >= 11 is 0. The predicted molar refractivity (Wildman–Crippen MR) is 90.5 cm³/mol. The molecule has 136 valence electrons. The van der Waals surface area contributed by atoms with Gasteiger partial charge < -0.3 is 28.3 Å². The second-order valence-corrected chi connectivity index (χ2v) is 7.35. The molecular weight excluding hydrogens is 327 g/mol. The van der Waals surface area contributed by atoms with Gasteiger partial charge in [0, 0.05) is 11.5 Å². The lowest BCUT2D eigenvalue weighted by atomic mass is 9.78. The third kappa shape index (κ3) is 3.41. The summed E-state index contributed by atoms with van der Waals surface area (Å²) in [7, 11) is -0.707. The van der Waals surface area contributed by atoms with E-state index in [1.54, 1.807) is 26.0 Å². The number of hydrogen-bond donors (Lipinski definition) is 0. The van der Waals surface area contributed by atoms with Crippen LogP contribution in [0.3, 0.4) is 0 Å². The first-order valence-electron chi connectivity index (χ1n) is 8.27. The maximum absolute atomic E-state index is 11.9. The van der Waals surface area contributed by atoms with E-state index in [1.807, 2.05) is 27.7 Å². The Kier molecular flexibility index (Phi) is 4.37. The van der Waals surface area contributed by atoms with Gasteiger partial charge in [-0.15, -0.1) is 0 Å². The lowest BCUT2D eigenvalue weighted by Crippen LogP contribution is -2.41. The molecule has 0 amide bonds. The van der Waals surface area contributed by atoms with Crippen molar-refractivity contribution in [2.45, 2.75) is 58.8 Å². The highest BCUT2D eigenvalue weighted by Crippen LogP contribution is 2.40. The quantitative estimate of drug-likeness (QED) is 0.471. The molecule has 0 atom stereocenters. The molecule has 3 rings (SSSR count). The summed E-state index contributed by atoms with van der Waals surface area (Å²) in [4.78, 5) is 11.9. The second kappa shape index (κ2) is 6.11. The van der Waals surface area contributed by atoms with E-state index in [0.717, 1.165) is 0 Å². The van der Waals surface area contributed by atoms with Gasteiger partial charge >= 0.3 is 13.3 Å². The highest BCUT2D eigenvalue weighted by Gasteiger charge is 2.53. The summed E-state index contributed by atoms with van der Waals surface area (Å²) in [6.45, 7) is 11.4. The molecule has 0 aliphatic carbocycles. The molecule has 8 heteroatoms. The zero-order valence-corrected chi connectivity index (χ0v) is 15.4. The molecule has 0 saturated carbocycles. The highest BCUT2D eigenvalue weighted by molar-refractivity contribution is 6.63. The van der Waals surface area contributed by atoms with Crippen molar-refractivity contribution < 1.29 is 33.1 Å². The number of hydrogen-bond acceptors (Lipinski definition) is 7. The summed E-state index contributed by atoms with van der Waals surface area (Å²) in [5.74, 6) is 1.30. The first-order chi connectivity index (χ1) is 11.6. The molecule has 0 bridgehead atoms. The van der Waals surface area contributed by atoms with Crippen molar-refractivity contribution in [2.24, 2.45) is 0 Å². The van der Waals surface area contributed by atoms with Gasteiger partial charge in [0.1, 0.15) is 5.75 Å². The van der Waals surface area contributed by atoms with E-state index in [-0.39, 0.29) is 18.6 Å².